The average Bonchev–Trinajstić information content (AvgIpc) is 1.99. The van der Waals surface area contributed by atoms with Crippen molar-refractivity contribution in [3.05, 3.63) is 0 Å². The fourth-order valence-corrected chi connectivity index (χ4v) is 1.18. The van der Waals surface area contributed by atoms with Crippen LogP contribution in [-0.4, -0.2) is 18.6 Å². The average molecular weight is 171 g/mol. The first-order chi connectivity index (χ1) is 5.77. The summed E-state index contributed by atoms with van der Waals surface area (Å²) >= 11 is 0. The molecule has 1 fully saturated rings. The number of nitrogens with two attached hydrogens (primary N) is 1. The molecule has 0 bridgehead atoms. The maximum Gasteiger partial charge on any atom is 0.310 e. The molecule has 0 radical (unpaired) electrons. The molecule has 3 heteroatoms. The predicted octanol–water partition coefficient (Wildman–Crippen LogP) is 1.07. The fourth-order valence-electron chi connectivity index (χ4n) is 1.18. The molecule has 3 nitrogen and oxygen atoms in total. The molecule has 0 saturated heterocycles. The molecule has 12 heavy (non-hydrogen) atoms. The molecule has 1 atom stereocenters. The van der Waals surface area contributed by atoms with Gasteiger partial charge in [0.1, 0.15) is 6.10 Å². The number of carbonyl (C=O) groups is 1. The van der Waals surface area contributed by atoms with Crippen LogP contribution in [0.2, 0.25) is 0 Å². The van der Waals surface area contributed by atoms with Gasteiger partial charge in [-0.15, -0.1) is 0 Å². The van der Waals surface area contributed by atoms with E-state index in [1.807, 2.05) is 6.92 Å². The van der Waals surface area contributed by atoms with Crippen molar-refractivity contribution in [2.75, 3.05) is 6.54 Å². The summed E-state index contributed by atoms with van der Waals surface area (Å²) in [6.45, 7) is 2.36. The molecule has 2 N–H and O–H groups in total. The van der Waals surface area contributed by atoms with Crippen molar-refractivity contribution < 1.29 is 9.53 Å². The van der Waals surface area contributed by atoms with Crippen LogP contribution in [0.25, 0.3) is 0 Å². The Balaban J connectivity index is 2.24. The summed E-state index contributed by atoms with van der Waals surface area (Å²) in [5.41, 5.74) is 5.42. The number of carbonyl (C=O) groups excluding carboxylic acids is 1. The van der Waals surface area contributed by atoms with E-state index in [0.717, 1.165) is 19.3 Å². The molecular formula is C9H17NO2. The topological polar surface area (TPSA) is 52.3 Å². The van der Waals surface area contributed by atoms with Gasteiger partial charge < -0.3 is 10.5 Å². The van der Waals surface area contributed by atoms with Gasteiger partial charge in [0.25, 0.3) is 0 Å². The molecule has 1 saturated carbocycles. The van der Waals surface area contributed by atoms with E-state index in [1.165, 1.54) is 6.42 Å². The normalized spacial score (nSPS) is 19.8. The van der Waals surface area contributed by atoms with Gasteiger partial charge in [0.15, 0.2) is 0 Å². The minimum Gasteiger partial charge on any atom is -0.462 e. The summed E-state index contributed by atoms with van der Waals surface area (Å²) in [5, 5.41) is 0. The van der Waals surface area contributed by atoms with E-state index in [0.29, 0.717) is 6.54 Å². The summed E-state index contributed by atoms with van der Waals surface area (Å²) in [4.78, 5) is 11.3. The highest BCUT2D eigenvalue weighted by Crippen LogP contribution is 2.23. The van der Waals surface area contributed by atoms with Crippen molar-refractivity contribution in [3.63, 3.8) is 0 Å². The first kappa shape index (κ1) is 9.52. The Morgan fingerprint density at radius 1 is 1.67 bits per heavy atom. The number of hydrogen-bond donors (Lipinski definition) is 1. The summed E-state index contributed by atoms with van der Waals surface area (Å²) < 4.78 is 5.21. The third kappa shape index (κ3) is 2.21. The van der Waals surface area contributed by atoms with Crippen molar-refractivity contribution in [3.8, 4) is 0 Å². The van der Waals surface area contributed by atoms with E-state index in [1.54, 1.807) is 0 Å². The fraction of sp³-hybridized carbons (Fsp3) is 0.889. The lowest BCUT2D eigenvalue weighted by atomic mass is 9.96. The molecule has 1 rings (SSSR count). The van der Waals surface area contributed by atoms with Crippen LogP contribution >= 0.6 is 0 Å². The summed E-state index contributed by atoms with van der Waals surface area (Å²) in [5.74, 6) is -0.199. The monoisotopic (exact) mass is 171 g/mol. The Morgan fingerprint density at radius 2 is 2.33 bits per heavy atom. The molecule has 1 aliphatic rings. The van der Waals surface area contributed by atoms with Crippen LogP contribution in [0.1, 0.15) is 32.6 Å². The second-order valence-electron chi connectivity index (χ2n) is 3.33. The maximum atomic E-state index is 11.3. The first-order valence-electron chi connectivity index (χ1n) is 4.68. The number of rotatable bonds is 4. The first-order valence-corrected chi connectivity index (χ1v) is 4.68. The molecule has 70 valence electrons. The summed E-state index contributed by atoms with van der Waals surface area (Å²) in [6, 6.07) is 0. The van der Waals surface area contributed by atoms with Crippen LogP contribution in [0.5, 0.6) is 0 Å². The van der Waals surface area contributed by atoms with Gasteiger partial charge in [-0.05, 0) is 25.7 Å². The van der Waals surface area contributed by atoms with Gasteiger partial charge >= 0.3 is 5.97 Å². The van der Waals surface area contributed by atoms with Gasteiger partial charge in [0.05, 0.1) is 5.92 Å². The third-order valence-corrected chi connectivity index (χ3v) is 2.45. The van der Waals surface area contributed by atoms with Gasteiger partial charge in [-0.3, -0.25) is 4.79 Å². The zero-order valence-corrected chi connectivity index (χ0v) is 7.58. The Morgan fingerprint density at radius 3 is 2.67 bits per heavy atom. The van der Waals surface area contributed by atoms with Crippen LogP contribution in [0, 0.1) is 5.92 Å². The number of esters is 1. The van der Waals surface area contributed by atoms with Crippen LogP contribution in [0.3, 0.4) is 0 Å². The van der Waals surface area contributed by atoms with Gasteiger partial charge in [0, 0.05) is 6.54 Å². The second kappa shape index (κ2) is 4.45. The van der Waals surface area contributed by atoms with Crippen LogP contribution < -0.4 is 5.73 Å². The lowest BCUT2D eigenvalue weighted by Crippen LogP contribution is -2.31. The Bertz CT molecular complexity index is 151. The Labute approximate surface area is 73.3 Å². The lowest BCUT2D eigenvalue weighted by Gasteiger charge is -2.26. The van der Waals surface area contributed by atoms with Gasteiger partial charge in [-0.25, -0.2) is 0 Å². The van der Waals surface area contributed by atoms with E-state index in [9.17, 15) is 4.79 Å². The van der Waals surface area contributed by atoms with Crippen molar-refractivity contribution in [2.24, 2.45) is 11.7 Å². The minimum atomic E-state index is -0.107. The van der Waals surface area contributed by atoms with Crippen molar-refractivity contribution in [1.29, 1.82) is 0 Å². The van der Waals surface area contributed by atoms with Gasteiger partial charge in [0.2, 0.25) is 0 Å². The highest BCUT2D eigenvalue weighted by molar-refractivity contribution is 5.72. The van der Waals surface area contributed by atoms with Crippen molar-refractivity contribution >= 4 is 5.97 Å². The Hall–Kier alpha value is -0.570. The molecule has 0 aromatic carbocycles. The highest BCUT2D eigenvalue weighted by atomic mass is 16.5. The smallest absolute Gasteiger partial charge is 0.310 e. The molecule has 0 heterocycles. The Kier molecular flexibility index (Phi) is 3.53. The SMILES string of the molecule is CCC(CN)C(=O)OC1CCC1. The molecular weight excluding hydrogens is 154 g/mol. The molecule has 0 amide bonds. The van der Waals surface area contributed by atoms with E-state index in [2.05, 4.69) is 0 Å². The molecule has 0 aromatic rings. The van der Waals surface area contributed by atoms with E-state index < -0.39 is 0 Å². The molecule has 0 spiro atoms. The van der Waals surface area contributed by atoms with Crippen molar-refractivity contribution in [1.82, 2.24) is 0 Å². The van der Waals surface area contributed by atoms with E-state index in [4.69, 9.17) is 10.5 Å². The van der Waals surface area contributed by atoms with Gasteiger partial charge in [-0.1, -0.05) is 6.92 Å². The van der Waals surface area contributed by atoms with Crippen LogP contribution in [0.15, 0.2) is 0 Å². The largest absolute Gasteiger partial charge is 0.462 e. The summed E-state index contributed by atoms with van der Waals surface area (Å²) in [7, 11) is 0. The zero-order valence-electron chi connectivity index (χ0n) is 7.58. The van der Waals surface area contributed by atoms with Crippen LogP contribution in [0.4, 0.5) is 0 Å². The zero-order chi connectivity index (χ0) is 8.97. The lowest BCUT2D eigenvalue weighted by molar-refractivity contribution is -0.157. The van der Waals surface area contributed by atoms with E-state index in [-0.39, 0.29) is 18.0 Å². The number of ether oxygens (including phenoxy) is 1. The summed E-state index contributed by atoms with van der Waals surface area (Å²) in [6.07, 6.45) is 4.23. The second-order valence-corrected chi connectivity index (χ2v) is 3.33. The highest BCUT2D eigenvalue weighted by Gasteiger charge is 2.24. The molecule has 0 aliphatic heterocycles. The minimum absolute atomic E-state index is 0.0920. The maximum absolute atomic E-state index is 11.3. The van der Waals surface area contributed by atoms with Gasteiger partial charge in [-0.2, -0.15) is 0 Å². The quantitative estimate of drug-likeness (QED) is 0.644. The third-order valence-electron chi connectivity index (χ3n) is 2.45. The van der Waals surface area contributed by atoms with Crippen molar-refractivity contribution in [2.45, 2.75) is 38.7 Å². The molecule has 0 aromatic heterocycles. The molecule has 1 aliphatic carbocycles. The standard InChI is InChI=1S/C9H17NO2/c1-2-7(6-10)9(11)12-8-4-3-5-8/h7-8H,2-6,10H2,1H3. The predicted molar refractivity (Wildman–Crippen MR) is 46.6 cm³/mol. The van der Waals surface area contributed by atoms with Crippen LogP contribution in [-0.2, 0) is 9.53 Å². The van der Waals surface area contributed by atoms with E-state index >= 15 is 0 Å². The molecule has 1 unspecified atom stereocenters. The number of hydrogen-bond acceptors (Lipinski definition) is 3.